The van der Waals surface area contributed by atoms with E-state index in [9.17, 15) is 9.90 Å². The van der Waals surface area contributed by atoms with Crippen LogP contribution in [0.2, 0.25) is 0 Å². The minimum absolute atomic E-state index is 0.0427. The summed E-state index contributed by atoms with van der Waals surface area (Å²) in [7, 11) is 0. The lowest BCUT2D eigenvalue weighted by Gasteiger charge is -2.04. The number of carbonyl (C=O) groups is 1. The topological polar surface area (TPSA) is 75.4 Å². The lowest BCUT2D eigenvalue weighted by molar-refractivity contribution is -0.116. The molecule has 17 heavy (non-hydrogen) atoms. The average Bonchev–Trinajstić information content (AvgIpc) is 2.82. The van der Waals surface area contributed by atoms with Gasteiger partial charge in [0.05, 0.1) is 6.26 Å². The standard InChI is InChI=1S/C12H12N2O3/c15-10-4-1-7-13-12(10)14-11(16)6-5-9-3-2-8-17-9/h1-4,7-8,15H,5-6H2,(H,13,14,16). The van der Waals surface area contributed by atoms with Crippen molar-refractivity contribution < 1.29 is 14.3 Å². The summed E-state index contributed by atoms with van der Waals surface area (Å²) in [6, 6.07) is 6.65. The van der Waals surface area contributed by atoms with Crippen LogP contribution in [0, 0.1) is 0 Å². The molecule has 0 spiro atoms. The van der Waals surface area contributed by atoms with Crippen LogP contribution in [-0.2, 0) is 11.2 Å². The molecule has 0 bridgehead atoms. The van der Waals surface area contributed by atoms with E-state index in [-0.39, 0.29) is 23.9 Å². The molecule has 0 fully saturated rings. The van der Waals surface area contributed by atoms with Gasteiger partial charge in [-0.2, -0.15) is 0 Å². The smallest absolute Gasteiger partial charge is 0.226 e. The summed E-state index contributed by atoms with van der Waals surface area (Å²) in [5.74, 6) is 0.677. The number of aromatic hydroxyl groups is 1. The van der Waals surface area contributed by atoms with Crippen LogP contribution in [0.15, 0.2) is 41.1 Å². The van der Waals surface area contributed by atoms with Gasteiger partial charge in [-0.15, -0.1) is 0 Å². The fraction of sp³-hybridized carbons (Fsp3) is 0.167. The van der Waals surface area contributed by atoms with Crippen LogP contribution in [0.4, 0.5) is 5.82 Å². The van der Waals surface area contributed by atoms with Gasteiger partial charge in [0.1, 0.15) is 5.76 Å². The average molecular weight is 232 g/mol. The zero-order valence-corrected chi connectivity index (χ0v) is 9.09. The van der Waals surface area contributed by atoms with Gasteiger partial charge < -0.3 is 14.8 Å². The summed E-state index contributed by atoms with van der Waals surface area (Å²) in [6.07, 6.45) is 3.87. The van der Waals surface area contributed by atoms with Crippen molar-refractivity contribution in [3.8, 4) is 5.75 Å². The highest BCUT2D eigenvalue weighted by Gasteiger charge is 2.07. The van der Waals surface area contributed by atoms with Crippen molar-refractivity contribution in [3.63, 3.8) is 0 Å². The number of rotatable bonds is 4. The molecular weight excluding hydrogens is 220 g/mol. The van der Waals surface area contributed by atoms with Crippen LogP contribution >= 0.6 is 0 Å². The van der Waals surface area contributed by atoms with E-state index in [1.165, 1.54) is 12.3 Å². The molecule has 0 radical (unpaired) electrons. The van der Waals surface area contributed by atoms with Gasteiger partial charge in [-0.3, -0.25) is 4.79 Å². The predicted octanol–water partition coefficient (Wildman–Crippen LogP) is 1.95. The zero-order valence-electron chi connectivity index (χ0n) is 9.09. The molecule has 2 rings (SSSR count). The molecule has 0 aliphatic rings. The third kappa shape index (κ3) is 3.07. The Balaban J connectivity index is 1.87. The van der Waals surface area contributed by atoms with Gasteiger partial charge in [-0.05, 0) is 24.3 Å². The first-order valence-corrected chi connectivity index (χ1v) is 5.22. The fourth-order valence-corrected chi connectivity index (χ4v) is 1.38. The van der Waals surface area contributed by atoms with Gasteiger partial charge in [0.25, 0.3) is 0 Å². The van der Waals surface area contributed by atoms with Crippen LogP contribution in [0.25, 0.3) is 0 Å². The van der Waals surface area contributed by atoms with E-state index in [0.29, 0.717) is 6.42 Å². The molecule has 88 valence electrons. The van der Waals surface area contributed by atoms with E-state index in [2.05, 4.69) is 10.3 Å². The molecule has 5 heteroatoms. The number of nitrogens with zero attached hydrogens (tertiary/aromatic N) is 1. The number of hydrogen-bond acceptors (Lipinski definition) is 4. The van der Waals surface area contributed by atoms with Crippen LogP contribution in [0.1, 0.15) is 12.2 Å². The van der Waals surface area contributed by atoms with E-state index >= 15 is 0 Å². The summed E-state index contributed by atoms with van der Waals surface area (Å²) in [5, 5.41) is 11.9. The van der Waals surface area contributed by atoms with Crippen LogP contribution in [0.3, 0.4) is 0 Å². The molecule has 2 N–H and O–H groups in total. The summed E-state index contributed by atoms with van der Waals surface area (Å²) >= 11 is 0. The highest BCUT2D eigenvalue weighted by molar-refractivity contribution is 5.91. The van der Waals surface area contributed by atoms with Gasteiger partial charge in [0, 0.05) is 19.0 Å². The van der Waals surface area contributed by atoms with Crippen LogP contribution in [-0.4, -0.2) is 16.0 Å². The number of pyridine rings is 1. The van der Waals surface area contributed by atoms with E-state index in [4.69, 9.17) is 4.42 Å². The second kappa shape index (κ2) is 5.16. The summed E-state index contributed by atoms with van der Waals surface area (Å²) in [5.41, 5.74) is 0. The molecule has 1 amide bonds. The predicted molar refractivity (Wildman–Crippen MR) is 61.6 cm³/mol. The van der Waals surface area contributed by atoms with Crippen molar-refractivity contribution in [2.24, 2.45) is 0 Å². The second-order valence-electron chi connectivity index (χ2n) is 3.50. The fourth-order valence-electron chi connectivity index (χ4n) is 1.38. The molecule has 0 aliphatic carbocycles. The molecule has 0 saturated carbocycles. The van der Waals surface area contributed by atoms with Gasteiger partial charge in [-0.1, -0.05) is 0 Å². The second-order valence-corrected chi connectivity index (χ2v) is 3.50. The number of aromatic nitrogens is 1. The quantitative estimate of drug-likeness (QED) is 0.844. The zero-order chi connectivity index (χ0) is 12.1. The molecular formula is C12H12N2O3. The Morgan fingerprint density at radius 2 is 2.29 bits per heavy atom. The monoisotopic (exact) mass is 232 g/mol. The first-order chi connectivity index (χ1) is 8.25. The number of anilines is 1. The Hall–Kier alpha value is -2.30. The number of amides is 1. The molecule has 0 aliphatic heterocycles. The summed E-state index contributed by atoms with van der Waals surface area (Å²) < 4.78 is 5.11. The highest BCUT2D eigenvalue weighted by Crippen LogP contribution is 2.18. The van der Waals surface area contributed by atoms with E-state index in [1.54, 1.807) is 18.4 Å². The van der Waals surface area contributed by atoms with Crippen LogP contribution < -0.4 is 5.32 Å². The maximum atomic E-state index is 11.6. The maximum Gasteiger partial charge on any atom is 0.226 e. The summed E-state index contributed by atoms with van der Waals surface area (Å²) in [6.45, 7) is 0. The van der Waals surface area contributed by atoms with Gasteiger partial charge in [-0.25, -0.2) is 4.98 Å². The first-order valence-electron chi connectivity index (χ1n) is 5.22. The molecule has 0 unspecified atom stereocenters. The lowest BCUT2D eigenvalue weighted by atomic mass is 10.2. The third-order valence-corrected chi connectivity index (χ3v) is 2.22. The molecule has 0 aromatic carbocycles. The number of carbonyl (C=O) groups excluding carboxylic acids is 1. The maximum absolute atomic E-state index is 11.6. The SMILES string of the molecule is O=C(CCc1ccco1)Nc1ncccc1O. The molecule has 0 saturated heterocycles. The number of aryl methyl sites for hydroxylation is 1. The van der Waals surface area contributed by atoms with E-state index in [0.717, 1.165) is 5.76 Å². The molecule has 5 nitrogen and oxygen atoms in total. The van der Waals surface area contributed by atoms with Crippen molar-refractivity contribution in [3.05, 3.63) is 42.5 Å². The molecule has 0 atom stereocenters. The summed E-state index contributed by atoms with van der Waals surface area (Å²) in [4.78, 5) is 15.4. The van der Waals surface area contributed by atoms with Gasteiger partial charge in [0.2, 0.25) is 5.91 Å². The van der Waals surface area contributed by atoms with E-state index < -0.39 is 0 Å². The number of hydrogen-bond donors (Lipinski definition) is 2. The Labute approximate surface area is 98.1 Å². The van der Waals surface area contributed by atoms with Crippen molar-refractivity contribution in [1.29, 1.82) is 0 Å². The van der Waals surface area contributed by atoms with E-state index in [1.807, 2.05) is 6.07 Å². The number of nitrogens with one attached hydrogen (secondary N) is 1. The Kier molecular flexibility index (Phi) is 3.40. The minimum atomic E-state index is -0.213. The van der Waals surface area contributed by atoms with Crippen LogP contribution in [0.5, 0.6) is 5.75 Å². The Morgan fingerprint density at radius 3 is 3.00 bits per heavy atom. The molecule has 2 heterocycles. The first kappa shape index (κ1) is 11.2. The normalized spacial score (nSPS) is 10.1. The molecule has 2 aromatic rings. The highest BCUT2D eigenvalue weighted by atomic mass is 16.3. The Morgan fingerprint density at radius 1 is 1.41 bits per heavy atom. The van der Waals surface area contributed by atoms with Gasteiger partial charge in [0.15, 0.2) is 11.6 Å². The van der Waals surface area contributed by atoms with Crippen molar-refractivity contribution in [2.75, 3.05) is 5.32 Å². The minimum Gasteiger partial charge on any atom is -0.504 e. The van der Waals surface area contributed by atoms with Gasteiger partial charge >= 0.3 is 0 Å². The number of furan rings is 1. The molecule has 2 aromatic heterocycles. The lowest BCUT2D eigenvalue weighted by Crippen LogP contribution is -2.13. The van der Waals surface area contributed by atoms with Crippen molar-refractivity contribution in [1.82, 2.24) is 4.98 Å². The Bertz CT molecular complexity index is 494. The third-order valence-electron chi connectivity index (χ3n) is 2.22. The van der Waals surface area contributed by atoms with Crippen molar-refractivity contribution >= 4 is 11.7 Å². The van der Waals surface area contributed by atoms with Crippen molar-refractivity contribution in [2.45, 2.75) is 12.8 Å². The largest absolute Gasteiger partial charge is 0.504 e.